The SMILES string of the molecule is C=CCc1cc(/C=C2\C(=O)NC(=O)N(c3ccc(C)c(C)c3)C2=O)cc(OC)c1OCc1ccc(F)cc1. The lowest BCUT2D eigenvalue weighted by Gasteiger charge is -2.27. The number of hydrogen-bond donors (Lipinski definition) is 1. The van der Waals surface area contributed by atoms with Gasteiger partial charge in [0.25, 0.3) is 11.8 Å². The van der Waals surface area contributed by atoms with Crippen LogP contribution < -0.4 is 19.7 Å². The number of benzene rings is 3. The summed E-state index contributed by atoms with van der Waals surface area (Å²) in [6.07, 6.45) is 3.52. The number of aryl methyl sites for hydroxylation is 2. The highest BCUT2D eigenvalue weighted by molar-refractivity contribution is 6.39. The number of allylic oxidation sites excluding steroid dienone is 1. The van der Waals surface area contributed by atoms with Crippen molar-refractivity contribution in [2.75, 3.05) is 12.0 Å². The third-order valence-electron chi connectivity index (χ3n) is 6.20. The molecular weight excluding hydrogens is 487 g/mol. The molecule has 7 nitrogen and oxygen atoms in total. The van der Waals surface area contributed by atoms with Crippen molar-refractivity contribution in [2.24, 2.45) is 0 Å². The highest BCUT2D eigenvalue weighted by Gasteiger charge is 2.37. The van der Waals surface area contributed by atoms with Gasteiger partial charge >= 0.3 is 6.03 Å². The van der Waals surface area contributed by atoms with Gasteiger partial charge in [-0.15, -0.1) is 6.58 Å². The second-order valence-electron chi connectivity index (χ2n) is 8.85. The molecule has 4 rings (SSSR count). The summed E-state index contributed by atoms with van der Waals surface area (Å²) in [7, 11) is 1.48. The molecule has 0 bridgehead atoms. The van der Waals surface area contributed by atoms with Crippen molar-refractivity contribution < 1.29 is 28.2 Å². The molecule has 8 heteroatoms. The Bertz CT molecular complexity index is 1460. The van der Waals surface area contributed by atoms with Crippen LogP contribution in [0.4, 0.5) is 14.9 Å². The molecular formula is C30H27FN2O5. The predicted molar refractivity (Wildman–Crippen MR) is 143 cm³/mol. The van der Waals surface area contributed by atoms with Crippen LogP contribution in [0, 0.1) is 19.7 Å². The van der Waals surface area contributed by atoms with Crippen LogP contribution in [0.25, 0.3) is 6.08 Å². The Kier molecular flexibility index (Phi) is 7.71. The van der Waals surface area contributed by atoms with Gasteiger partial charge in [0.1, 0.15) is 18.0 Å². The molecule has 38 heavy (non-hydrogen) atoms. The van der Waals surface area contributed by atoms with Crippen molar-refractivity contribution in [3.8, 4) is 11.5 Å². The molecule has 4 amide bonds. The first-order valence-electron chi connectivity index (χ1n) is 11.9. The predicted octanol–water partition coefficient (Wildman–Crippen LogP) is 5.43. The lowest BCUT2D eigenvalue weighted by molar-refractivity contribution is -0.122. The topological polar surface area (TPSA) is 84.9 Å². The van der Waals surface area contributed by atoms with Crippen LogP contribution in [0.5, 0.6) is 11.5 Å². The first-order chi connectivity index (χ1) is 18.2. The standard InChI is InChI=1S/C30H27FN2O5/c1-5-6-22-14-21(16-26(37-4)27(22)38-17-20-8-10-23(31)11-9-20)15-25-28(34)32-30(36)33(29(25)35)24-12-7-18(2)19(3)13-24/h5,7-16H,1,6,17H2,2-4H3,(H,32,34,36)/b25-15+. The number of carbonyl (C=O) groups excluding carboxylic acids is 3. The fraction of sp³-hybridized carbons (Fsp3) is 0.167. The second-order valence-corrected chi connectivity index (χ2v) is 8.85. The van der Waals surface area contributed by atoms with E-state index in [1.807, 2.05) is 19.9 Å². The number of halogens is 1. The molecule has 3 aromatic rings. The first-order valence-corrected chi connectivity index (χ1v) is 11.9. The highest BCUT2D eigenvalue weighted by atomic mass is 19.1. The van der Waals surface area contributed by atoms with Gasteiger partial charge in [-0.2, -0.15) is 0 Å². The summed E-state index contributed by atoms with van der Waals surface area (Å²) in [6, 6.07) is 13.7. The molecule has 0 aromatic heterocycles. The van der Waals surface area contributed by atoms with Gasteiger partial charge in [0, 0.05) is 5.56 Å². The van der Waals surface area contributed by atoms with Crippen LogP contribution in [-0.4, -0.2) is 25.0 Å². The molecule has 0 atom stereocenters. The molecule has 1 aliphatic heterocycles. The van der Waals surface area contributed by atoms with Crippen LogP contribution in [0.1, 0.15) is 27.8 Å². The Balaban J connectivity index is 1.70. The zero-order chi connectivity index (χ0) is 27.4. The fourth-order valence-corrected chi connectivity index (χ4v) is 4.05. The Hall–Kier alpha value is -4.72. The van der Waals surface area contributed by atoms with Crippen molar-refractivity contribution in [3.05, 3.63) is 106 Å². The summed E-state index contributed by atoms with van der Waals surface area (Å²) in [6.45, 7) is 7.77. The number of ether oxygens (including phenoxy) is 2. The number of carbonyl (C=O) groups is 3. The Labute approximate surface area is 220 Å². The van der Waals surface area contributed by atoms with Gasteiger partial charge in [-0.05, 0) is 85.0 Å². The normalized spacial score (nSPS) is 14.5. The minimum absolute atomic E-state index is 0.176. The van der Waals surface area contributed by atoms with E-state index in [0.29, 0.717) is 34.7 Å². The zero-order valence-corrected chi connectivity index (χ0v) is 21.3. The summed E-state index contributed by atoms with van der Waals surface area (Å²) in [5.41, 5.74) is 4.05. The number of urea groups is 1. The number of rotatable bonds is 8. The van der Waals surface area contributed by atoms with Gasteiger partial charge in [-0.1, -0.05) is 24.3 Å². The number of nitrogens with zero attached hydrogens (tertiary/aromatic N) is 1. The van der Waals surface area contributed by atoms with Gasteiger partial charge in [-0.25, -0.2) is 14.1 Å². The van der Waals surface area contributed by atoms with Crippen molar-refractivity contribution in [1.82, 2.24) is 5.32 Å². The smallest absolute Gasteiger partial charge is 0.335 e. The molecule has 1 heterocycles. The number of barbiturate groups is 1. The molecule has 0 radical (unpaired) electrons. The van der Waals surface area contributed by atoms with E-state index in [1.165, 1.54) is 25.3 Å². The molecule has 194 valence electrons. The van der Waals surface area contributed by atoms with Crippen molar-refractivity contribution >= 4 is 29.6 Å². The number of methoxy groups -OCH3 is 1. The van der Waals surface area contributed by atoms with Crippen LogP contribution in [0.3, 0.4) is 0 Å². The maximum Gasteiger partial charge on any atom is 0.335 e. The Morgan fingerprint density at radius 1 is 1.00 bits per heavy atom. The monoisotopic (exact) mass is 514 g/mol. The van der Waals surface area contributed by atoms with E-state index in [0.717, 1.165) is 21.6 Å². The molecule has 1 aliphatic rings. The number of anilines is 1. The summed E-state index contributed by atoms with van der Waals surface area (Å²) < 4.78 is 24.8. The summed E-state index contributed by atoms with van der Waals surface area (Å²) in [5, 5.41) is 2.24. The molecule has 0 spiro atoms. The third kappa shape index (κ3) is 5.49. The average Bonchev–Trinajstić information content (AvgIpc) is 2.88. The summed E-state index contributed by atoms with van der Waals surface area (Å²) in [5.74, 6) is -1.02. The number of imide groups is 2. The van der Waals surface area contributed by atoms with E-state index in [9.17, 15) is 18.8 Å². The van der Waals surface area contributed by atoms with E-state index in [-0.39, 0.29) is 18.0 Å². The minimum Gasteiger partial charge on any atom is -0.493 e. The first kappa shape index (κ1) is 26.3. The lowest BCUT2D eigenvalue weighted by atomic mass is 10.0. The number of amides is 4. The largest absolute Gasteiger partial charge is 0.493 e. The van der Waals surface area contributed by atoms with Gasteiger partial charge in [0.15, 0.2) is 11.5 Å². The number of nitrogens with one attached hydrogen (secondary N) is 1. The van der Waals surface area contributed by atoms with Gasteiger partial charge in [-0.3, -0.25) is 14.9 Å². The van der Waals surface area contributed by atoms with Gasteiger partial charge in [0.2, 0.25) is 0 Å². The van der Waals surface area contributed by atoms with Crippen molar-refractivity contribution in [3.63, 3.8) is 0 Å². The molecule has 0 saturated carbocycles. The molecule has 1 N–H and O–H groups in total. The third-order valence-corrected chi connectivity index (χ3v) is 6.20. The van der Waals surface area contributed by atoms with Crippen LogP contribution in [0.2, 0.25) is 0 Å². The van der Waals surface area contributed by atoms with E-state index < -0.39 is 17.8 Å². The highest BCUT2D eigenvalue weighted by Crippen LogP contribution is 2.35. The molecule has 0 unspecified atom stereocenters. The summed E-state index contributed by atoms with van der Waals surface area (Å²) >= 11 is 0. The van der Waals surface area contributed by atoms with E-state index in [4.69, 9.17) is 9.47 Å². The quantitative estimate of drug-likeness (QED) is 0.246. The van der Waals surface area contributed by atoms with E-state index in [2.05, 4.69) is 11.9 Å². The maximum atomic E-state index is 13.3. The Morgan fingerprint density at radius 3 is 2.39 bits per heavy atom. The van der Waals surface area contributed by atoms with E-state index in [1.54, 1.807) is 42.5 Å². The van der Waals surface area contributed by atoms with Gasteiger partial charge in [0.05, 0.1) is 12.8 Å². The van der Waals surface area contributed by atoms with Crippen molar-refractivity contribution in [1.29, 1.82) is 0 Å². The maximum absolute atomic E-state index is 13.3. The summed E-state index contributed by atoms with van der Waals surface area (Å²) in [4.78, 5) is 39.6. The molecule has 1 fully saturated rings. The zero-order valence-electron chi connectivity index (χ0n) is 21.3. The molecule has 3 aromatic carbocycles. The Morgan fingerprint density at radius 2 is 1.74 bits per heavy atom. The van der Waals surface area contributed by atoms with E-state index >= 15 is 0 Å². The second kappa shape index (κ2) is 11.1. The molecule has 1 saturated heterocycles. The van der Waals surface area contributed by atoms with Crippen molar-refractivity contribution in [2.45, 2.75) is 26.9 Å². The number of hydrogen-bond acceptors (Lipinski definition) is 5. The minimum atomic E-state index is -0.810. The lowest BCUT2D eigenvalue weighted by Crippen LogP contribution is -2.54. The molecule has 0 aliphatic carbocycles. The average molecular weight is 515 g/mol. The van der Waals surface area contributed by atoms with Crippen LogP contribution in [-0.2, 0) is 22.6 Å². The van der Waals surface area contributed by atoms with Crippen LogP contribution >= 0.6 is 0 Å². The fourth-order valence-electron chi connectivity index (χ4n) is 4.05. The van der Waals surface area contributed by atoms with Gasteiger partial charge < -0.3 is 9.47 Å². The van der Waals surface area contributed by atoms with Crippen LogP contribution in [0.15, 0.2) is 72.8 Å².